The number of carbonyl (C=O) groups is 1. The Balaban J connectivity index is 1.56. The summed E-state index contributed by atoms with van der Waals surface area (Å²) in [5.41, 5.74) is 2.76. The Bertz CT molecular complexity index is 972. The van der Waals surface area contributed by atoms with E-state index >= 15 is 0 Å². The second-order valence-corrected chi connectivity index (χ2v) is 6.67. The van der Waals surface area contributed by atoms with Gasteiger partial charge < -0.3 is 9.64 Å². The quantitative estimate of drug-likeness (QED) is 0.714. The predicted octanol–water partition coefficient (Wildman–Crippen LogP) is 3.05. The van der Waals surface area contributed by atoms with Crippen molar-refractivity contribution >= 4 is 28.6 Å². The zero-order valence-electron chi connectivity index (χ0n) is 15.6. The van der Waals surface area contributed by atoms with Gasteiger partial charge in [0.2, 0.25) is 5.91 Å². The van der Waals surface area contributed by atoms with E-state index in [2.05, 4.69) is 4.90 Å². The van der Waals surface area contributed by atoms with Gasteiger partial charge in [-0.25, -0.2) is 9.97 Å². The van der Waals surface area contributed by atoms with Crippen molar-refractivity contribution in [2.24, 2.45) is 0 Å². The zero-order valence-corrected chi connectivity index (χ0v) is 15.6. The van der Waals surface area contributed by atoms with Crippen molar-refractivity contribution in [1.29, 1.82) is 0 Å². The normalized spacial score (nSPS) is 13.6. The molecule has 6 heteroatoms. The molecule has 0 bridgehead atoms. The van der Waals surface area contributed by atoms with E-state index < -0.39 is 0 Å². The molecule has 2 heterocycles. The average molecular weight is 362 g/mol. The summed E-state index contributed by atoms with van der Waals surface area (Å²) in [6.07, 6.45) is 1.12. The predicted molar refractivity (Wildman–Crippen MR) is 106 cm³/mol. The summed E-state index contributed by atoms with van der Waals surface area (Å²) in [5, 5.41) is 0. The molecule has 0 saturated heterocycles. The molecular formula is C21H22N4O2. The van der Waals surface area contributed by atoms with Gasteiger partial charge in [-0.2, -0.15) is 0 Å². The van der Waals surface area contributed by atoms with Crippen LogP contribution in [0.15, 0.2) is 48.5 Å². The Morgan fingerprint density at radius 3 is 2.33 bits per heavy atom. The molecule has 3 aromatic rings. The number of nitrogens with zero attached hydrogens (tertiary/aromatic N) is 4. The highest BCUT2D eigenvalue weighted by molar-refractivity contribution is 5.97. The molecule has 0 N–H and O–H groups in total. The minimum Gasteiger partial charge on any atom is -0.497 e. The Kier molecular flexibility index (Phi) is 4.62. The number of carbonyl (C=O) groups excluding carboxylic acids is 1. The average Bonchev–Trinajstić information content (AvgIpc) is 2.71. The molecule has 0 fully saturated rings. The van der Waals surface area contributed by atoms with Crippen LogP contribution in [0.5, 0.6) is 5.75 Å². The third kappa shape index (κ3) is 3.43. The second-order valence-electron chi connectivity index (χ2n) is 6.67. The summed E-state index contributed by atoms with van der Waals surface area (Å²) in [7, 11) is 3.63. The highest BCUT2D eigenvalue weighted by atomic mass is 16.5. The van der Waals surface area contributed by atoms with Gasteiger partial charge in [-0.05, 0) is 36.2 Å². The minimum absolute atomic E-state index is 0.0738. The van der Waals surface area contributed by atoms with Crippen LogP contribution < -0.4 is 14.5 Å². The first-order valence-electron chi connectivity index (χ1n) is 9.07. The van der Waals surface area contributed by atoms with Crippen LogP contribution >= 0.6 is 0 Å². The first-order chi connectivity index (χ1) is 13.2. The van der Waals surface area contributed by atoms with Gasteiger partial charge >= 0.3 is 0 Å². The van der Waals surface area contributed by atoms with E-state index in [-0.39, 0.29) is 5.91 Å². The van der Waals surface area contributed by atoms with Crippen molar-refractivity contribution < 1.29 is 9.53 Å². The number of rotatable bonds is 4. The summed E-state index contributed by atoms with van der Waals surface area (Å²) < 4.78 is 5.18. The number of hydrogen-bond donors (Lipinski definition) is 0. The van der Waals surface area contributed by atoms with Crippen LogP contribution in [0, 0.1) is 0 Å². The molecule has 0 saturated carbocycles. The van der Waals surface area contributed by atoms with E-state index in [0.29, 0.717) is 25.2 Å². The number of ether oxygens (including phenoxy) is 1. The van der Waals surface area contributed by atoms with Crippen LogP contribution in [-0.2, 0) is 11.2 Å². The Morgan fingerprint density at radius 1 is 1.00 bits per heavy atom. The molecular weight excluding hydrogens is 340 g/mol. The second kappa shape index (κ2) is 7.23. The fourth-order valence-electron chi connectivity index (χ4n) is 3.30. The topological polar surface area (TPSA) is 58.6 Å². The number of aromatic nitrogens is 2. The molecule has 1 aliphatic rings. The highest BCUT2D eigenvalue weighted by Gasteiger charge is 2.28. The van der Waals surface area contributed by atoms with E-state index in [1.807, 2.05) is 55.6 Å². The molecule has 1 amide bonds. The van der Waals surface area contributed by atoms with Gasteiger partial charge in [0.1, 0.15) is 5.75 Å². The van der Waals surface area contributed by atoms with Crippen LogP contribution in [0.4, 0.5) is 11.6 Å². The Hall–Kier alpha value is -3.15. The van der Waals surface area contributed by atoms with Gasteiger partial charge in [-0.3, -0.25) is 9.69 Å². The number of hydrogen-bond acceptors (Lipinski definition) is 5. The molecule has 0 atom stereocenters. The van der Waals surface area contributed by atoms with Gasteiger partial charge in [0.15, 0.2) is 11.6 Å². The first-order valence-corrected chi connectivity index (χ1v) is 9.07. The van der Waals surface area contributed by atoms with E-state index in [4.69, 9.17) is 14.7 Å². The number of aryl methyl sites for hydroxylation is 1. The van der Waals surface area contributed by atoms with Crippen LogP contribution in [0.25, 0.3) is 11.0 Å². The van der Waals surface area contributed by atoms with Gasteiger partial charge in [0.25, 0.3) is 0 Å². The van der Waals surface area contributed by atoms with Crippen LogP contribution in [-0.4, -0.2) is 43.1 Å². The minimum atomic E-state index is 0.0738. The van der Waals surface area contributed by atoms with E-state index in [1.54, 1.807) is 12.0 Å². The number of anilines is 2. The summed E-state index contributed by atoms with van der Waals surface area (Å²) in [6.45, 7) is 1.37. The lowest BCUT2D eigenvalue weighted by atomic mass is 10.1. The van der Waals surface area contributed by atoms with Crippen LogP contribution in [0.1, 0.15) is 12.0 Å². The Morgan fingerprint density at radius 2 is 1.67 bits per heavy atom. The lowest BCUT2D eigenvalue weighted by molar-refractivity contribution is -0.118. The zero-order chi connectivity index (χ0) is 18.8. The molecule has 2 aromatic carbocycles. The van der Waals surface area contributed by atoms with Crippen molar-refractivity contribution in [3.05, 3.63) is 54.1 Å². The number of para-hydroxylation sites is 2. The molecule has 0 radical (unpaired) electrons. The molecule has 0 spiro atoms. The van der Waals surface area contributed by atoms with Crippen molar-refractivity contribution in [3.63, 3.8) is 0 Å². The summed E-state index contributed by atoms with van der Waals surface area (Å²) in [4.78, 5) is 26.2. The standard InChI is InChI=1S/C21H22N4O2/c1-24-13-14-25(19(26)12-9-15-7-10-16(27-2)11-8-15)21-20(24)22-17-5-3-4-6-18(17)23-21/h3-8,10-11H,9,12-14H2,1-2H3. The monoisotopic (exact) mass is 362 g/mol. The van der Waals surface area contributed by atoms with Gasteiger partial charge in [-0.15, -0.1) is 0 Å². The number of benzene rings is 2. The summed E-state index contributed by atoms with van der Waals surface area (Å²) >= 11 is 0. The van der Waals surface area contributed by atoms with Gasteiger partial charge in [-0.1, -0.05) is 24.3 Å². The maximum absolute atomic E-state index is 12.9. The van der Waals surface area contributed by atoms with E-state index in [1.165, 1.54) is 0 Å². The molecule has 6 nitrogen and oxygen atoms in total. The molecule has 27 heavy (non-hydrogen) atoms. The van der Waals surface area contributed by atoms with Crippen molar-refractivity contribution in [1.82, 2.24) is 9.97 Å². The Labute approximate surface area is 158 Å². The van der Waals surface area contributed by atoms with Crippen molar-refractivity contribution in [3.8, 4) is 5.75 Å². The van der Waals surface area contributed by atoms with E-state index in [9.17, 15) is 4.79 Å². The molecule has 4 rings (SSSR count). The first kappa shape index (κ1) is 17.3. The van der Waals surface area contributed by atoms with Gasteiger partial charge in [0.05, 0.1) is 18.1 Å². The van der Waals surface area contributed by atoms with Gasteiger partial charge in [0, 0.05) is 26.6 Å². The van der Waals surface area contributed by atoms with Crippen molar-refractivity contribution in [2.45, 2.75) is 12.8 Å². The molecule has 1 aromatic heterocycles. The number of fused-ring (bicyclic) bond motifs is 2. The molecule has 138 valence electrons. The maximum atomic E-state index is 12.9. The largest absolute Gasteiger partial charge is 0.497 e. The lowest BCUT2D eigenvalue weighted by Crippen LogP contribution is -2.43. The molecule has 0 unspecified atom stereocenters. The maximum Gasteiger partial charge on any atom is 0.228 e. The third-order valence-electron chi connectivity index (χ3n) is 4.90. The fourth-order valence-corrected chi connectivity index (χ4v) is 3.30. The van der Waals surface area contributed by atoms with E-state index in [0.717, 1.165) is 34.7 Å². The SMILES string of the molecule is COc1ccc(CCC(=O)N2CCN(C)c3nc4ccccc4nc32)cc1. The van der Waals surface area contributed by atoms with Crippen LogP contribution in [0.3, 0.4) is 0 Å². The lowest BCUT2D eigenvalue weighted by Gasteiger charge is -2.33. The number of amides is 1. The molecule has 1 aliphatic heterocycles. The number of methoxy groups -OCH3 is 1. The third-order valence-corrected chi connectivity index (χ3v) is 4.90. The smallest absolute Gasteiger partial charge is 0.228 e. The molecule has 0 aliphatic carbocycles. The summed E-state index contributed by atoms with van der Waals surface area (Å²) in [6, 6.07) is 15.6. The fraction of sp³-hybridized carbons (Fsp3) is 0.286. The van der Waals surface area contributed by atoms with Crippen molar-refractivity contribution in [2.75, 3.05) is 37.0 Å². The van der Waals surface area contributed by atoms with Crippen LogP contribution in [0.2, 0.25) is 0 Å². The number of likely N-dealkylation sites (N-methyl/N-ethyl adjacent to an activating group) is 1. The summed E-state index contributed by atoms with van der Waals surface area (Å²) in [5.74, 6) is 2.31. The highest BCUT2D eigenvalue weighted by Crippen LogP contribution is 2.31.